The zero-order valence-electron chi connectivity index (χ0n) is 15.6. The van der Waals surface area contributed by atoms with Crippen LogP contribution in [0.15, 0.2) is 16.9 Å². The van der Waals surface area contributed by atoms with E-state index in [0.717, 1.165) is 50.4 Å². The highest BCUT2D eigenvalue weighted by Gasteiger charge is 2.41. The molecule has 0 saturated carbocycles. The zero-order valence-corrected chi connectivity index (χ0v) is 15.6. The van der Waals surface area contributed by atoms with Crippen molar-refractivity contribution in [1.29, 1.82) is 0 Å². The summed E-state index contributed by atoms with van der Waals surface area (Å²) in [5.74, 6) is 0.290. The first-order valence-electron chi connectivity index (χ1n) is 9.56. The van der Waals surface area contributed by atoms with Gasteiger partial charge < -0.3 is 4.90 Å². The smallest absolute Gasteiger partial charge is 0.272 e. The average molecular weight is 357 g/mol. The maximum Gasteiger partial charge on any atom is 0.272 e. The van der Waals surface area contributed by atoms with Crippen LogP contribution in [0, 0.1) is 12.3 Å². The lowest BCUT2D eigenvalue weighted by atomic mass is 9.73. The molecule has 0 radical (unpaired) electrons. The van der Waals surface area contributed by atoms with E-state index >= 15 is 0 Å². The molecule has 2 aromatic heterocycles. The quantitative estimate of drug-likeness (QED) is 0.905. The van der Waals surface area contributed by atoms with E-state index < -0.39 is 0 Å². The molecule has 1 spiro atoms. The van der Waals surface area contributed by atoms with Crippen LogP contribution in [0.25, 0.3) is 5.65 Å². The van der Waals surface area contributed by atoms with Crippen molar-refractivity contribution in [3.05, 3.63) is 33.9 Å². The molecule has 2 aliphatic heterocycles. The number of hydrogen-bond acceptors (Lipinski definition) is 4. The van der Waals surface area contributed by atoms with Crippen molar-refractivity contribution in [1.82, 2.24) is 24.4 Å². The van der Waals surface area contributed by atoms with E-state index in [2.05, 4.69) is 21.9 Å². The fourth-order valence-electron chi connectivity index (χ4n) is 4.64. The summed E-state index contributed by atoms with van der Waals surface area (Å²) in [4.78, 5) is 33.4. The second-order valence-corrected chi connectivity index (χ2v) is 7.94. The molecular weight excluding hydrogens is 330 g/mol. The minimum absolute atomic E-state index is 0.0646. The summed E-state index contributed by atoms with van der Waals surface area (Å²) >= 11 is 0. The molecule has 7 heteroatoms. The molecule has 4 rings (SSSR count). The Kier molecular flexibility index (Phi) is 4.34. The van der Waals surface area contributed by atoms with Gasteiger partial charge in [0.1, 0.15) is 0 Å². The Labute approximate surface area is 153 Å². The summed E-state index contributed by atoms with van der Waals surface area (Å²) < 4.78 is 1.49. The van der Waals surface area contributed by atoms with Crippen molar-refractivity contribution in [2.75, 3.05) is 26.2 Å². The lowest BCUT2D eigenvalue weighted by Crippen LogP contribution is -2.53. The minimum Gasteiger partial charge on any atom is -0.342 e. The number of H-pyrrole nitrogens is 1. The number of carbonyl (C=O) groups excluding carboxylic acids is 1. The number of nitrogens with zero attached hydrogens (tertiary/aromatic N) is 4. The molecule has 140 valence electrons. The first kappa shape index (κ1) is 17.3. The van der Waals surface area contributed by atoms with Crippen LogP contribution in [0.1, 0.15) is 44.0 Å². The standard InChI is InChI=1S/C19H27N5O2/c1-3-23-13-19(7-5-17(23)25)6-4-8-22(12-19)11-15-10-18(26)24-16(20-15)9-14(2)21-24/h9-10,21H,3-8,11-13H2,1-2H3. The third kappa shape index (κ3) is 3.16. The molecule has 1 N–H and O–H groups in total. The highest BCUT2D eigenvalue weighted by molar-refractivity contribution is 5.77. The number of aromatic amines is 1. The minimum atomic E-state index is -0.0646. The monoisotopic (exact) mass is 357 g/mol. The number of carbonyl (C=O) groups is 1. The molecule has 2 aromatic rings. The van der Waals surface area contributed by atoms with Crippen LogP contribution in [0.2, 0.25) is 0 Å². The van der Waals surface area contributed by atoms with Gasteiger partial charge in [0.15, 0.2) is 5.65 Å². The lowest BCUT2D eigenvalue weighted by Gasteiger charge is -2.48. The molecule has 26 heavy (non-hydrogen) atoms. The van der Waals surface area contributed by atoms with Gasteiger partial charge in [-0.05, 0) is 39.7 Å². The number of nitrogens with one attached hydrogen (secondary N) is 1. The van der Waals surface area contributed by atoms with Crippen LogP contribution >= 0.6 is 0 Å². The number of likely N-dealkylation sites (tertiary alicyclic amines) is 2. The molecule has 0 bridgehead atoms. The second kappa shape index (κ2) is 6.54. The van der Waals surface area contributed by atoms with E-state index in [-0.39, 0.29) is 11.0 Å². The molecule has 7 nitrogen and oxygen atoms in total. The molecule has 2 fully saturated rings. The van der Waals surface area contributed by atoms with Crippen LogP contribution < -0.4 is 5.56 Å². The molecular formula is C19H27N5O2. The molecule has 0 aromatic carbocycles. The molecule has 1 amide bonds. The number of rotatable bonds is 3. The summed E-state index contributed by atoms with van der Waals surface area (Å²) in [5, 5.41) is 3.01. The molecule has 4 heterocycles. The number of piperidine rings is 2. The fourth-order valence-corrected chi connectivity index (χ4v) is 4.64. The number of aryl methyl sites for hydroxylation is 1. The summed E-state index contributed by atoms with van der Waals surface area (Å²) in [6, 6.07) is 3.53. The summed E-state index contributed by atoms with van der Waals surface area (Å²) in [6.07, 6.45) is 3.95. The van der Waals surface area contributed by atoms with E-state index in [4.69, 9.17) is 0 Å². The Morgan fingerprint density at radius 2 is 2.08 bits per heavy atom. The predicted molar refractivity (Wildman–Crippen MR) is 99.0 cm³/mol. The van der Waals surface area contributed by atoms with Crippen molar-refractivity contribution in [3.8, 4) is 0 Å². The van der Waals surface area contributed by atoms with Gasteiger partial charge in [0.2, 0.25) is 5.91 Å². The second-order valence-electron chi connectivity index (χ2n) is 7.94. The van der Waals surface area contributed by atoms with E-state index in [1.54, 1.807) is 6.07 Å². The van der Waals surface area contributed by atoms with Gasteiger partial charge in [-0.1, -0.05) is 0 Å². The van der Waals surface area contributed by atoms with Crippen molar-refractivity contribution >= 4 is 11.6 Å². The highest BCUT2D eigenvalue weighted by atomic mass is 16.2. The van der Waals surface area contributed by atoms with Gasteiger partial charge in [0.05, 0.1) is 5.69 Å². The van der Waals surface area contributed by atoms with Crippen LogP contribution in [0.4, 0.5) is 0 Å². The Morgan fingerprint density at radius 1 is 1.23 bits per heavy atom. The first-order valence-corrected chi connectivity index (χ1v) is 9.56. The maximum atomic E-state index is 12.3. The molecule has 2 aliphatic rings. The number of amides is 1. The van der Waals surface area contributed by atoms with E-state index in [1.165, 1.54) is 10.9 Å². The fraction of sp³-hybridized carbons (Fsp3) is 0.632. The third-order valence-corrected chi connectivity index (χ3v) is 5.89. The molecule has 2 saturated heterocycles. The Morgan fingerprint density at radius 3 is 2.88 bits per heavy atom. The van der Waals surface area contributed by atoms with Crippen LogP contribution in [0.3, 0.4) is 0 Å². The van der Waals surface area contributed by atoms with Crippen LogP contribution in [-0.4, -0.2) is 56.5 Å². The van der Waals surface area contributed by atoms with Gasteiger partial charge in [0.25, 0.3) is 5.56 Å². The number of fused-ring (bicyclic) bond motifs is 1. The number of aromatic nitrogens is 3. The largest absolute Gasteiger partial charge is 0.342 e. The van der Waals surface area contributed by atoms with Crippen molar-refractivity contribution in [3.63, 3.8) is 0 Å². The van der Waals surface area contributed by atoms with Gasteiger partial charge in [-0.3, -0.25) is 19.6 Å². The Hall–Kier alpha value is -2.15. The third-order valence-electron chi connectivity index (χ3n) is 5.89. The molecule has 0 aliphatic carbocycles. The Bertz CT molecular complexity index is 886. The van der Waals surface area contributed by atoms with Crippen LogP contribution in [0.5, 0.6) is 0 Å². The summed E-state index contributed by atoms with van der Waals surface area (Å²) in [7, 11) is 0. The van der Waals surface area contributed by atoms with Crippen molar-refractivity contribution < 1.29 is 4.79 Å². The molecule has 1 unspecified atom stereocenters. The van der Waals surface area contributed by atoms with Crippen LogP contribution in [-0.2, 0) is 11.3 Å². The maximum absolute atomic E-state index is 12.3. The normalized spacial score (nSPS) is 24.7. The van der Waals surface area contributed by atoms with E-state index in [0.29, 0.717) is 24.5 Å². The van der Waals surface area contributed by atoms with Crippen molar-refractivity contribution in [2.24, 2.45) is 5.41 Å². The van der Waals surface area contributed by atoms with E-state index in [9.17, 15) is 9.59 Å². The van der Waals surface area contributed by atoms with Gasteiger partial charge >= 0.3 is 0 Å². The topological polar surface area (TPSA) is 73.7 Å². The summed E-state index contributed by atoms with van der Waals surface area (Å²) in [6.45, 7) is 8.33. The van der Waals surface area contributed by atoms with E-state index in [1.807, 2.05) is 17.9 Å². The average Bonchev–Trinajstić information content (AvgIpc) is 2.98. The summed E-state index contributed by atoms with van der Waals surface area (Å²) in [5.41, 5.74) is 2.56. The molecule has 1 atom stereocenters. The van der Waals surface area contributed by atoms with Gasteiger partial charge in [-0.2, -0.15) is 0 Å². The SMILES string of the molecule is CCN1CC2(CCCN(Cc3cc(=O)n4[nH]c(C)cc4n3)C2)CCC1=O. The van der Waals surface area contributed by atoms with Crippen molar-refractivity contribution in [2.45, 2.75) is 46.1 Å². The lowest BCUT2D eigenvalue weighted by molar-refractivity contribution is -0.139. The van der Waals surface area contributed by atoms with Gasteiger partial charge in [-0.25, -0.2) is 9.50 Å². The number of hydrogen-bond donors (Lipinski definition) is 1. The highest BCUT2D eigenvalue weighted by Crippen LogP contribution is 2.39. The first-order chi connectivity index (χ1) is 12.5. The van der Waals surface area contributed by atoms with Gasteiger partial charge in [-0.15, -0.1) is 0 Å². The zero-order chi connectivity index (χ0) is 18.3. The Balaban J connectivity index is 1.52. The van der Waals surface area contributed by atoms with Gasteiger partial charge in [0, 0.05) is 55.8 Å². The predicted octanol–water partition coefficient (Wildman–Crippen LogP) is 1.56.